The Balaban J connectivity index is 1.26. The monoisotopic (exact) mass is 966 g/mol. The van der Waals surface area contributed by atoms with E-state index in [0.29, 0.717) is 32.5 Å². The van der Waals surface area contributed by atoms with Crippen molar-refractivity contribution in [2.45, 2.75) is 174 Å². The van der Waals surface area contributed by atoms with Crippen LogP contribution in [0.15, 0.2) is 30.3 Å². The van der Waals surface area contributed by atoms with E-state index in [1.165, 1.54) is 19.3 Å². The fourth-order valence-electron chi connectivity index (χ4n) is 13.4. The van der Waals surface area contributed by atoms with Crippen LogP contribution in [0.3, 0.4) is 0 Å². The Hall–Kier alpha value is -3.92. The second-order valence-corrected chi connectivity index (χ2v) is 22.3. The molecular weight excluding hydrogens is 879 g/mol. The third-order valence-corrected chi connectivity index (χ3v) is 16.4. The molecule has 1 aromatic carbocycles. The lowest BCUT2D eigenvalue weighted by atomic mass is 9.50. The Morgan fingerprint density at radius 2 is 1.43 bits per heavy atom. The minimum atomic E-state index is -0.904. The van der Waals surface area contributed by atoms with Gasteiger partial charge in [0.15, 0.2) is 0 Å². The molecule has 4 aliphatic carbocycles. The summed E-state index contributed by atoms with van der Waals surface area (Å²) in [7, 11) is 6.75. The number of carboxylic acid groups (broad SMARTS) is 1. The fraction of sp³-hybridized carbons (Fsp3) is 0.778. The van der Waals surface area contributed by atoms with Gasteiger partial charge in [-0.3, -0.25) is 39.1 Å². The Labute approximate surface area is 412 Å². The van der Waals surface area contributed by atoms with Gasteiger partial charge in [-0.25, -0.2) is 4.79 Å². The summed E-state index contributed by atoms with van der Waals surface area (Å²) in [6.45, 7) is 14.8. The average molecular weight is 966 g/mol. The number of methoxy groups -OCH3 is 2. The Morgan fingerprint density at radius 1 is 0.841 bits per heavy atom. The van der Waals surface area contributed by atoms with E-state index in [-0.39, 0.29) is 54.2 Å². The normalized spacial score (nSPS) is 25.5. The molecule has 1 saturated heterocycles. The van der Waals surface area contributed by atoms with Gasteiger partial charge in [-0.2, -0.15) is 0 Å². The first-order valence-corrected chi connectivity index (χ1v) is 26.1. The number of nitrogens with one attached hydrogen (secondary N) is 2. The second-order valence-electron chi connectivity index (χ2n) is 22.3. The number of likely N-dealkylation sites (tertiary alicyclic amines) is 1. The summed E-state index contributed by atoms with van der Waals surface area (Å²) in [6.07, 6.45) is 8.68. The van der Waals surface area contributed by atoms with Gasteiger partial charge < -0.3 is 29.5 Å². The third-order valence-electron chi connectivity index (χ3n) is 16.4. The second kappa shape index (κ2) is 25.5. The van der Waals surface area contributed by atoms with Crippen molar-refractivity contribution in [1.29, 1.82) is 0 Å². The zero-order chi connectivity index (χ0) is 50.7. The molecule has 15 heteroatoms. The van der Waals surface area contributed by atoms with Gasteiger partial charge in [0, 0.05) is 45.1 Å². The lowest BCUT2D eigenvalue weighted by molar-refractivity contribution is -0.159. The molecule has 15 nitrogen and oxygen atoms in total. The first-order valence-electron chi connectivity index (χ1n) is 26.1. The van der Waals surface area contributed by atoms with Crippen LogP contribution in [0.4, 0.5) is 0 Å². The number of hydrogen-bond acceptors (Lipinski definition) is 11. The van der Waals surface area contributed by atoms with E-state index in [1.807, 2.05) is 74.9 Å². The smallest absolute Gasteiger partial charge is 0.329 e. The lowest BCUT2D eigenvalue weighted by Gasteiger charge is -2.56. The number of imide groups is 1. The molecule has 1 aromatic rings. The van der Waals surface area contributed by atoms with Crippen LogP contribution in [0, 0.1) is 46.8 Å². The van der Waals surface area contributed by atoms with E-state index >= 15 is 0 Å². The zero-order valence-electron chi connectivity index (χ0n) is 43.7. The minimum absolute atomic E-state index is 0.0139. The van der Waals surface area contributed by atoms with E-state index in [1.54, 1.807) is 33.1 Å². The van der Waals surface area contributed by atoms with Gasteiger partial charge in [-0.05, 0) is 119 Å². The number of esters is 1. The molecule has 69 heavy (non-hydrogen) atoms. The van der Waals surface area contributed by atoms with Crippen LogP contribution in [0.25, 0.3) is 0 Å². The summed E-state index contributed by atoms with van der Waals surface area (Å²) >= 11 is 0. The molecule has 1 aliphatic heterocycles. The summed E-state index contributed by atoms with van der Waals surface area (Å²) in [4.78, 5) is 87.6. The average Bonchev–Trinajstić information content (AvgIpc) is 3.77. The van der Waals surface area contributed by atoms with E-state index in [0.717, 1.165) is 55.4 Å². The van der Waals surface area contributed by atoms with Crippen molar-refractivity contribution in [2.75, 3.05) is 48.0 Å². The highest BCUT2D eigenvalue weighted by Crippen LogP contribution is 2.60. The first-order chi connectivity index (χ1) is 32.7. The molecule has 4 saturated carbocycles. The molecule has 4 bridgehead atoms. The molecule has 6 rings (SSSR count). The van der Waals surface area contributed by atoms with Crippen LogP contribution in [-0.4, -0.2) is 146 Å². The summed E-state index contributed by atoms with van der Waals surface area (Å²) < 4.78 is 18.4. The van der Waals surface area contributed by atoms with Crippen LogP contribution in [0.1, 0.15) is 131 Å². The number of hydrogen-bond donors (Lipinski definition) is 3. The topological polar surface area (TPSA) is 184 Å². The number of ether oxygens (including phenoxy) is 3. The predicted octanol–water partition coefficient (Wildman–Crippen LogP) is 6.36. The molecule has 4 amide bonds. The number of carbonyl (C=O) groups excluding carboxylic acids is 5. The van der Waals surface area contributed by atoms with Gasteiger partial charge in [-0.1, -0.05) is 85.2 Å². The summed E-state index contributed by atoms with van der Waals surface area (Å²) in [5, 5.41) is 14.9. The highest BCUT2D eigenvalue weighted by molar-refractivity contribution is 6.00. The molecule has 5 aliphatic rings. The Morgan fingerprint density at radius 3 is 1.97 bits per heavy atom. The number of rotatable bonds is 27. The number of carboxylic acids is 1. The first kappa shape index (κ1) is 56.0. The lowest BCUT2D eigenvalue weighted by Crippen LogP contribution is -2.60. The van der Waals surface area contributed by atoms with Gasteiger partial charge >= 0.3 is 11.9 Å². The molecule has 9 atom stereocenters. The van der Waals surface area contributed by atoms with Gasteiger partial charge in [0.05, 0.1) is 49.3 Å². The largest absolute Gasteiger partial charge is 0.481 e. The SMILES string of the molecule is CC[C@H](C)[C@@H]([C@@H](CC(=O)N1CCC[C@H]1[C@H](OC)[C@@H](C)C(=O)N[C@@H](Cc1ccccc1)C(=O)OCC12CC3CC(CC(C3)C1)C2)OC)N(C)[C@H](C(=O)NC(=O)[C@H](C(C)C)N(C)CCCC(=O)O)C(C)C. The maximum absolute atomic E-state index is 14.6. The molecule has 0 aromatic heterocycles. The molecule has 1 heterocycles. The summed E-state index contributed by atoms with van der Waals surface area (Å²) in [5.41, 5.74) is 0.952. The van der Waals surface area contributed by atoms with Crippen LogP contribution in [-0.2, 0) is 49.4 Å². The molecule has 388 valence electrons. The molecule has 0 radical (unpaired) electrons. The van der Waals surface area contributed by atoms with E-state index in [9.17, 15) is 28.8 Å². The minimum Gasteiger partial charge on any atom is -0.481 e. The molecule has 0 spiro atoms. The fourth-order valence-corrected chi connectivity index (χ4v) is 13.4. The standard InChI is InChI=1S/C54H87N5O10/c1-12-35(6)48(58(9)47(34(4)5)52(65)56-51(64)46(33(2)3)57(8)22-17-21-45(61)62)43(67-10)28-44(60)59-23-16-20-42(59)49(68-11)36(7)50(63)55-41(27-37-18-14-13-15-19-37)53(66)69-32-54-29-38-24-39(30-54)26-40(25-38)31-54/h13-15,18-19,33-36,38-43,46-49H,12,16-17,20-32H2,1-11H3,(H,55,63)(H,61,62)(H,56,64,65)/t35-,36+,38?,39?,40?,41-,42-,43+,46-,47-,48-,49+,54?/m0/s1. The maximum Gasteiger partial charge on any atom is 0.329 e. The number of nitrogens with zero attached hydrogens (tertiary/aromatic N) is 3. The van der Waals surface area contributed by atoms with Gasteiger partial charge in [-0.15, -0.1) is 0 Å². The van der Waals surface area contributed by atoms with Crippen molar-refractivity contribution < 1.29 is 48.1 Å². The Kier molecular flexibility index (Phi) is 20.7. The van der Waals surface area contributed by atoms with Crippen LogP contribution < -0.4 is 10.6 Å². The maximum atomic E-state index is 14.6. The molecule has 0 unspecified atom stereocenters. The van der Waals surface area contributed by atoms with Crippen molar-refractivity contribution in [3.8, 4) is 0 Å². The predicted molar refractivity (Wildman–Crippen MR) is 265 cm³/mol. The third kappa shape index (κ3) is 14.4. The number of likely N-dealkylation sites (N-methyl/N-ethyl adjacent to an activating group) is 2. The van der Waals surface area contributed by atoms with Crippen molar-refractivity contribution in [1.82, 2.24) is 25.3 Å². The van der Waals surface area contributed by atoms with Crippen molar-refractivity contribution in [2.24, 2.45) is 46.8 Å². The quantitative estimate of drug-likeness (QED) is 0.0832. The van der Waals surface area contributed by atoms with E-state index < -0.39 is 72.1 Å². The molecule has 5 fully saturated rings. The summed E-state index contributed by atoms with van der Waals surface area (Å²) in [6, 6.07) is 6.56. The van der Waals surface area contributed by atoms with Crippen molar-refractivity contribution >= 4 is 35.6 Å². The highest BCUT2D eigenvalue weighted by Gasteiger charge is 2.52. The Bertz CT molecular complexity index is 1840. The number of benzene rings is 1. The molecular formula is C54H87N5O10. The van der Waals surface area contributed by atoms with Crippen LogP contribution in [0.2, 0.25) is 0 Å². The van der Waals surface area contributed by atoms with Gasteiger partial charge in [0.1, 0.15) is 6.04 Å². The van der Waals surface area contributed by atoms with Gasteiger partial charge in [0.2, 0.25) is 23.6 Å². The zero-order valence-corrected chi connectivity index (χ0v) is 43.7. The van der Waals surface area contributed by atoms with Gasteiger partial charge in [0.25, 0.3) is 0 Å². The molecule has 3 N–H and O–H groups in total. The number of aliphatic carboxylic acids is 1. The number of amides is 4. The van der Waals surface area contributed by atoms with Crippen LogP contribution in [0.5, 0.6) is 0 Å². The van der Waals surface area contributed by atoms with E-state index in [4.69, 9.17) is 19.3 Å². The van der Waals surface area contributed by atoms with Crippen molar-refractivity contribution in [3.05, 3.63) is 35.9 Å². The van der Waals surface area contributed by atoms with Crippen LogP contribution >= 0.6 is 0 Å². The number of carbonyl (C=O) groups is 6. The summed E-state index contributed by atoms with van der Waals surface area (Å²) in [5.74, 6) is -1.64. The van der Waals surface area contributed by atoms with Crippen molar-refractivity contribution in [3.63, 3.8) is 0 Å². The highest BCUT2D eigenvalue weighted by atomic mass is 16.5. The van der Waals surface area contributed by atoms with E-state index in [2.05, 4.69) is 24.5 Å².